The molecule has 0 aliphatic rings. The summed E-state index contributed by atoms with van der Waals surface area (Å²) in [6, 6.07) is 4.05. The molecule has 3 heteroatoms. The molecule has 1 aromatic rings. The Hall–Kier alpha value is -1.64. The molecule has 1 rings (SSSR count). The van der Waals surface area contributed by atoms with Crippen molar-refractivity contribution < 1.29 is 14.2 Å². The third kappa shape index (κ3) is 11.2. The second-order valence-electron chi connectivity index (χ2n) is 7.78. The molecule has 29 heavy (non-hydrogen) atoms. The fourth-order valence-electron chi connectivity index (χ4n) is 3.20. The second kappa shape index (κ2) is 17.2. The van der Waals surface area contributed by atoms with Crippen LogP contribution in [0.2, 0.25) is 0 Å². The van der Waals surface area contributed by atoms with Crippen LogP contribution in [0, 0.1) is 0 Å². The number of rotatable bonds is 19. The lowest BCUT2D eigenvalue weighted by molar-refractivity contribution is 0.234. The predicted octanol–water partition coefficient (Wildman–Crippen LogP) is 8.21. The summed E-state index contributed by atoms with van der Waals surface area (Å²) in [7, 11) is 0. The molecule has 0 aliphatic heterocycles. The topological polar surface area (TPSA) is 27.7 Å². The Morgan fingerprint density at radius 2 is 1.03 bits per heavy atom. The van der Waals surface area contributed by atoms with Gasteiger partial charge in [0.1, 0.15) is 0 Å². The number of ether oxygens (including phenoxy) is 3. The zero-order valence-corrected chi connectivity index (χ0v) is 19.3. The third-order valence-corrected chi connectivity index (χ3v) is 5.03. The SMILES string of the molecule is C=Cc1cc(OCCCCCC)c(OCCCCCC)c(OCCCCCC)c1. The molecule has 0 amide bonds. The lowest BCUT2D eigenvalue weighted by atomic mass is 10.1. The number of hydrogen-bond donors (Lipinski definition) is 0. The monoisotopic (exact) mass is 404 g/mol. The lowest BCUT2D eigenvalue weighted by Gasteiger charge is -2.18. The summed E-state index contributed by atoms with van der Waals surface area (Å²) in [5.74, 6) is 2.34. The van der Waals surface area contributed by atoms with Crippen LogP contribution in [-0.4, -0.2) is 19.8 Å². The Morgan fingerprint density at radius 1 is 0.621 bits per heavy atom. The molecule has 3 nitrogen and oxygen atoms in total. The summed E-state index contributed by atoms with van der Waals surface area (Å²) >= 11 is 0. The minimum Gasteiger partial charge on any atom is -0.490 e. The highest BCUT2D eigenvalue weighted by atomic mass is 16.5. The highest BCUT2D eigenvalue weighted by Gasteiger charge is 2.15. The first-order valence-corrected chi connectivity index (χ1v) is 12.0. The van der Waals surface area contributed by atoms with Crippen molar-refractivity contribution in [1.82, 2.24) is 0 Å². The van der Waals surface area contributed by atoms with E-state index in [9.17, 15) is 0 Å². The molecule has 0 saturated carbocycles. The summed E-state index contributed by atoms with van der Waals surface area (Å²) in [5.41, 5.74) is 1.01. The number of benzene rings is 1. The van der Waals surface area contributed by atoms with E-state index in [1.54, 1.807) is 0 Å². The molecule has 0 aliphatic carbocycles. The van der Waals surface area contributed by atoms with Crippen LogP contribution in [0.5, 0.6) is 17.2 Å². The first-order chi connectivity index (χ1) is 14.3. The Balaban J connectivity index is 2.82. The van der Waals surface area contributed by atoms with E-state index >= 15 is 0 Å². The molecule has 0 atom stereocenters. The van der Waals surface area contributed by atoms with E-state index in [-0.39, 0.29) is 0 Å². The van der Waals surface area contributed by atoms with Crippen LogP contribution in [0.4, 0.5) is 0 Å². The highest BCUT2D eigenvalue weighted by molar-refractivity contribution is 5.61. The van der Waals surface area contributed by atoms with Gasteiger partial charge in [0.15, 0.2) is 11.5 Å². The Bertz CT molecular complexity index is 504. The Kier molecular flexibility index (Phi) is 15.1. The maximum atomic E-state index is 6.19. The molecule has 0 unspecified atom stereocenters. The van der Waals surface area contributed by atoms with E-state index in [1.807, 2.05) is 18.2 Å². The quantitative estimate of drug-likeness (QED) is 0.217. The molecule has 0 spiro atoms. The molecular weight excluding hydrogens is 360 g/mol. The third-order valence-electron chi connectivity index (χ3n) is 5.03. The molecular formula is C26H44O3. The zero-order valence-electron chi connectivity index (χ0n) is 19.3. The van der Waals surface area contributed by atoms with E-state index < -0.39 is 0 Å². The maximum Gasteiger partial charge on any atom is 0.203 e. The first-order valence-electron chi connectivity index (χ1n) is 12.0. The van der Waals surface area contributed by atoms with E-state index in [0.29, 0.717) is 19.8 Å². The molecule has 0 bridgehead atoms. The number of unbranched alkanes of at least 4 members (excludes halogenated alkanes) is 9. The Morgan fingerprint density at radius 3 is 1.41 bits per heavy atom. The molecule has 0 N–H and O–H groups in total. The summed E-state index contributed by atoms with van der Waals surface area (Å²) in [4.78, 5) is 0. The van der Waals surface area contributed by atoms with Crippen LogP contribution in [0.3, 0.4) is 0 Å². The van der Waals surface area contributed by atoms with Crippen LogP contribution in [0.15, 0.2) is 18.7 Å². The van der Waals surface area contributed by atoms with Crippen molar-refractivity contribution in [1.29, 1.82) is 0 Å². The molecule has 0 fully saturated rings. The minimum atomic E-state index is 0.700. The van der Waals surface area contributed by atoms with E-state index in [4.69, 9.17) is 14.2 Å². The van der Waals surface area contributed by atoms with Crippen molar-refractivity contribution >= 4 is 6.08 Å². The standard InChI is InChI=1S/C26H44O3/c1-5-9-12-15-18-27-24-21-23(8-4)22-25(28-19-16-13-10-6-2)26(24)29-20-17-14-11-7-3/h8,21-22H,4-7,9-20H2,1-3H3. The molecule has 0 saturated heterocycles. The number of hydrogen-bond acceptors (Lipinski definition) is 3. The van der Waals surface area contributed by atoms with E-state index in [0.717, 1.165) is 42.1 Å². The van der Waals surface area contributed by atoms with Gasteiger partial charge in [-0.15, -0.1) is 0 Å². The van der Waals surface area contributed by atoms with Gasteiger partial charge in [-0.2, -0.15) is 0 Å². The molecule has 0 radical (unpaired) electrons. The van der Waals surface area contributed by atoms with Crippen LogP contribution in [0.1, 0.15) is 103 Å². The van der Waals surface area contributed by atoms with Crippen molar-refractivity contribution in [2.75, 3.05) is 19.8 Å². The maximum absolute atomic E-state index is 6.19. The normalized spacial score (nSPS) is 10.7. The van der Waals surface area contributed by atoms with Crippen molar-refractivity contribution in [3.8, 4) is 17.2 Å². The second-order valence-corrected chi connectivity index (χ2v) is 7.78. The average molecular weight is 405 g/mol. The van der Waals surface area contributed by atoms with Crippen molar-refractivity contribution in [2.24, 2.45) is 0 Å². The minimum absolute atomic E-state index is 0.700. The summed E-state index contributed by atoms with van der Waals surface area (Å²) in [5, 5.41) is 0. The van der Waals surface area contributed by atoms with Gasteiger partial charge in [-0.3, -0.25) is 0 Å². The fourth-order valence-corrected chi connectivity index (χ4v) is 3.20. The summed E-state index contributed by atoms with van der Waals surface area (Å²) < 4.78 is 18.5. The summed E-state index contributed by atoms with van der Waals surface area (Å²) in [6.07, 6.45) is 16.1. The van der Waals surface area contributed by atoms with Gasteiger partial charge < -0.3 is 14.2 Å². The predicted molar refractivity (Wildman–Crippen MR) is 125 cm³/mol. The van der Waals surface area contributed by atoms with E-state index in [1.165, 1.54) is 57.8 Å². The largest absolute Gasteiger partial charge is 0.490 e. The van der Waals surface area contributed by atoms with Crippen LogP contribution < -0.4 is 14.2 Å². The van der Waals surface area contributed by atoms with Crippen molar-refractivity contribution in [3.63, 3.8) is 0 Å². The summed E-state index contributed by atoms with van der Waals surface area (Å²) in [6.45, 7) is 12.7. The van der Waals surface area contributed by atoms with Gasteiger partial charge in [-0.1, -0.05) is 91.2 Å². The smallest absolute Gasteiger partial charge is 0.203 e. The van der Waals surface area contributed by atoms with Gasteiger partial charge in [-0.05, 0) is 37.0 Å². The highest BCUT2D eigenvalue weighted by Crippen LogP contribution is 2.40. The van der Waals surface area contributed by atoms with Crippen LogP contribution in [0.25, 0.3) is 6.08 Å². The average Bonchev–Trinajstić information content (AvgIpc) is 2.74. The lowest BCUT2D eigenvalue weighted by Crippen LogP contribution is -2.06. The molecule has 0 heterocycles. The fraction of sp³-hybridized carbons (Fsp3) is 0.692. The van der Waals surface area contributed by atoms with Gasteiger partial charge in [0.2, 0.25) is 5.75 Å². The molecule has 166 valence electrons. The van der Waals surface area contributed by atoms with Gasteiger partial charge in [0, 0.05) is 0 Å². The van der Waals surface area contributed by atoms with Gasteiger partial charge >= 0.3 is 0 Å². The van der Waals surface area contributed by atoms with Crippen molar-refractivity contribution in [2.45, 2.75) is 97.8 Å². The van der Waals surface area contributed by atoms with E-state index in [2.05, 4.69) is 27.4 Å². The first kappa shape index (κ1) is 25.4. The van der Waals surface area contributed by atoms with Gasteiger partial charge in [-0.25, -0.2) is 0 Å². The van der Waals surface area contributed by atoms with Gasteiger partial charge in [0.05, 0.1) is 19.8 Å². The Labute approximate surface area is 179 Å². The zero-order chi connectivity index (χ0) is 21.2. The van der Waals surface area contributed by atoms with Crippen molar-refractivity contribution in [3.05, 3.63) is 24.3 Å². The molecule has 0 aromatic heterocycles. The van der Waals surface area contributed by atoms with Gasteiger partial charge in [0.25, 0.3) is 0 Å². The molecule has 1 aromatic carbocycles. The van der Waals surface area contributed by atoms with Crippen LogP contribution >= 0.6 is 0 Å². The van der Waals surface area contributed by atoms with Crippen LogP contribution in [-0.2, 0) is 0 Å².